The van der Waals surface area contributed by atoms with Gasteiger partial charge in [0.25, 0.3) is 11.5 Å². The van der Waals surface area contributed by atoms with Gasteiger partial charge in [-0.2, -0.15) is 13.2 Å². The lowest BCUT2D eigenvalue weighted by Gasteiger charge is -2.32. The molecule has 2 N–H and O–H groups in total. The van der Waals surface area contributed by atoms with Crippen molar-refractivity contribution in [2.75, 3.05) is 18.0 Å². The fraction of sp³-hybridized carbons (Fsp3) is 0.389. The summed E-state index contributed by atoms with van der Waals surface area (Å²) in [6.07, 6.45) is -3.29. The van der Waals surface area contributed by atoms with E-state index in [1.807, 2.05) is 4.90 Å². The van der Waals surface area contributed by atoms with Crippen LogP contribution in [0.3, 0.4) is 0 Å². The van der Waals surface area contributed by atoms with Crippen molar-refractivity contribution < 1.29 is 18.0 Å². The normalized spacial score (nSPS) is 15.6. The predicted octanol–water partition coefficient (Wildman–Crippen LogP) is 2.50. The Morgan fingerprint density at radius 3 is 2.59 bits per heavy atom. The summed E-state index contributed by atoms with van der Waals surface area (Å²) in [7, 11) is 0. The molecule has 0 radical (unpaired) electrons. The SMILES string of the molecule is Cc1cc(=O)[nH]c(N2CCC(NC(=O)c3cccc(C(F)(F)F)c3)CC2)n1. The fourth-order valence-corrected chi connectivity index (χ4v) is 3.05. The Bertz CT molecular complexity index is 887. The minimum Gasteiger partial charge on any atom is -0.349 e. The predicted molar refractivity (Wildman–Crippen MR) is 93.7 cm³/mol. The number of amides is 1. The number of rotatable bonds is 3. The quantitative estimate of drug-likeness (QED) is 0.858. The first-order valence-corrected chi connectivity index (χ1v) is 8.53. The average molecular weight is 380 g/mol. The maximum absolute atomic E-state index is 12.8. The van der Waals surface area contributed by atoms with E-state index in [0.29, 0.717) is 37.6 Å². The van der Waals surface area contributed by atoms with E-state index in [1.54, 1.807) is 6.92 Å². The molecular formula is C18H19F3N4O2. The number of alkyl halides is 3. The monoisotopic (exact) mass is 380 g/mol. The molecule has 0 saturated carbocycles. The number of hydrogen-bond acceptors (Lipinski definition) is 4. The minimum absolute atomic E-state index is 0.0167. The molecule has 0 spiro atoms. The van der Waals surface area contributed by atoms with Crippen LogP contribution in [-0.4, -0.2) is 35.0 Å². The smallest absolute Gasteiger partial charge is 0.349 e. The molecule has 0 bridgehead atoms. The zero-order chi connectivity index (χ0) is 19.6. The molecule has 9 heteroatoms. The van der Waals surface area contributed by atoms with E-state index in [2.05, 4.69) is 15.3 Å². The van der Waals surface area contributed by atoms with Gasteiger partial charge in [0.2, 0.25) is 5.95 Å². The lowest BCUT2D eigenvalue weighted by Crippen LogP contribution is -2.45. The molecule has 3 rings (SSSR count). The number of H-pyrrole nitrogens is 1. The first-order valence-electron chi connectivity index (χ1n) is 8.53. The highest BCUT2D eigenvalue weighted by molar-refractivity contribution is 5.94. The Hall–Kier alpha value is -2.84. The highest BCUT2D eigenvalue weighted by Crippen LogP contribution is 2.29. The summed E-state index contributed by atoms with van der Waals surface area (Å²) >= 11 is 0. The maximum Gasteiger partial charge on any atom is 0.416 e. The number of nitrogens with zero attached hydrogens (tertiary/aromatic N) is 2. The summed E-state index contributed by atoms with van der Waals surface area (Å²) < 4.78 is 38.3. The van der Waals surface area contributed by atoms with Crippen LogP contribution in [-0.2, 0) is 6.18 Å². The lowest BCUT2D eigenvalue weighted by molar-refractivity contribution is -0.137. The summed E-state index contributed by atoms with van der Waals surface area (Å²) in [6.45, 7) is 2.88. The van der Waals surface area contributed by atoms with Gasteiger partial charge in [-0.15, -0.1) is 0 Å². The fourth-order valence-electron chi connectivity index (χ4n) is 3.05. The second kappa shape index (κ2) is 7.42. The van der Waals surface area contributed by atoms with E-state index >= 15 is 0 Å². The van der Waals surface area contributed by atoms with Gasteiger partial charge in [-0.1, -0.05) is 6.07 Å². The van der Waals surface area contributed by atoms with Gasteiger partial charge >= 0.3 is 6.18 Å². The number of carbonyl (C=O) groups excluding carboxylic acids is 1. The van der Waals surface area contributed by atoms with Crippen molar-refractivity contribution >= 4 is 11.9 Å². The zero-order valence-electron chi connectivity index (χ0n) is 14.6. The van der Waals surface area contributed by atoms with Crippen molar-refractivity contribution in [2.45, 2.75) is 32.0 Å². The molecule has 1 fully saturated rings. The van der Waals surface area contributed by atoms with Crippen molar-refractivity contribution in [3.63, 3.8) is 0 Å². The third-order valence-electron chi connectivity index (χ3n) is 4.44. The molecule has 1 aromatic heterocycles. The minimum atomic E-state index is -4.49. The van der Waals surface area contributed by atoms with Crippen molar-refractivity contribution in [1.82, 2.24) is 15.3 Å². The number of halogens is 3. The third-order valence-corrected chi connectivity index (χ3v) is 4.44. The largest absolute Gasteiger partial charge is 0.416 e. The van der Waals surface area contributed by atoms with Crippen molar-refractivity contribution in [2.24, 2.45) is 0 Å². The number of benzene rings is 1. The molecule has 1 aromatic carbocycles. The van der Waals surface area contributed by atoms with Crippen LogP contribution in [0.1, 0.15) is 34.5 Å². The molecule has 2 heterocycles. The summed E-state index contributed by atoms with van der Waals surface area (Å²) in [5.41, 5.74) is -0.470. The van der Waals surface area contributed by atoms with Gasteiger partial charge in [0.1, 0.15) is 0 Å². The summed E-state index contributed by atoms with van der Waals surface area (Å²) in [5.74, 6) is -0.0377. The van der Waals surface area contributed by atoms with Gasteiger partial charge in [0.15, 0.2) is 0 Å². The Balaban J connectivity index is 1.61. The van der Waals surface area contributed by atoms with Gasteiger partial charge in [-0.25, -0.2) is 4.98 Å². The van der Waals surface area contributed by atoms with Crippen LogP contribution in [0.4, 0.5) is 19.1 Å². The number of aryl methyl sites for hydroxylation is 1. The molecule has 0 aliphatic carbocycles. The first kappa shape index (κ1) is 18.9. The van der Waals surface area contributed by atoms with Crippen LogP contribution in [0.2, 0.25) is 0 Å². The van der Waals surface area contributed by atoms with Crippen LogP contribution in [0.5, 0.6) is 0 Å². The number of nitrogens with one attached hydrogen (secondary N) is 2. The molecule has 1 aliphatic rings. The standard InChI is InChI=1S/C18H19F3N4O2/c1-11-9-15(26)24-17(22-11)25-7-5-14(6-8-25)23-16(27)12-3-2-4-13(10-12)18(19,20)21/h2-4,9-10,14H,5-8H2,1H3,(H,23,27)(H,22,24,26). The van der Waals surface area contributed by atoms with E-state index < -0.39 is 17.6 Å². The number of aromatic nitrogens is 2. The van der Waals surface area contributed by atoms with E-state index in [1.165, 1.54) is 18.2 Å². The summed E-state index contributed by atoms with van der Waals surface area (Å²) in [4.78, 5) is 32.7. The Morgan fingerprint density at radius 2 is 1.96 bits per heavy atom. The highest BCUT2D eigenvalue weighted by atomic mass is 19.4. The molecular weight excluding hydrogens is 361 g/mol. The van der Waals surface area contributed by atoms with Crippen LogP contribution in [0, 0.1) is 6.92 Å². The molecule has 1 amide bonds. The number of aromatic amines is 1. The third kappa shape index (κ3) is 4.66. The molecule has 1 saturated heterocycles. The van der Waals surface area contributed by atoms with Crippen molar-refractivity contribution in [3.8, 4) is 0 Å². The number of carbonyl (C=O) groups is 1. The highest BCUT2D eigenvalue weighted by Gasteiger charge is 2.31. The zero-order valence-corrected chi connectivity index (χ0v) is 14.6. The number of piperidine rings is 1. The lowest BCUT2D eigenvalue weighted by atomic mass is 10.0. The van der Waals surface area contributed by atoms with E-state index in [0.717, 1.165) is 12.1 Å². The van der Waals surface area contributed by atoms with Crippen molar-refractivity contribution in [3.05, 3.63) is 57.5 Å². The van der Waals surface area contributed by atoms with Gasteiger partial charge in [0, 0.05) is 36.5 Å². The Labute approximate surface area is 153 Å². The van der Waals surface area contributed by atoms with E-state index in [-0.39, 0.29) is 17.2 Å². The number of hydrogen-bond donors (Lipinski definition) is 2. The van der Waals surface area contributed by atoms with Crippen molar-refractivity contribution in [1.29, 1.82) is 0 Å². The molecule has 144 valence electrons. The van der Waals surface area contributed by atoms with Gasteiger partial charge in [0.05, 0.1) is 5.56 Å². The maximum atomic E-state index is 12.8. The molecule has 27 heavy (non-hydrogen) atoms. The molecule has 2 aromatic rings. The van der Waals surface area contributed by atoms with Gasteiger partial charge < -0.3 is 10.2 Å². The molecule has 0 atom stereocenters. The molecule has 1 aliphatic heterocycles. The van der Waals surface area contributed by atoms with Crippen LogP contribution >= 0.6 is 0 Å². The topological polar surface area (TPSA) is 78.1 Å². The number of anilines is 1. The summed E-state index contributed by atoms with van der Waals surface area (Å²) in [5, 5.41) is 2.78. The van der Waals surface area contributed by atoms with Gasteiger partial charge in [-0.3, -0.25) is 14.6 Å². The van der Waals surface area contributed by atoms with Crippen LogP contribution < -0.4 is 15.8 Å². The van der Waals surface area contributed by atoms with E-state index in [4.69, 9.17) is 0 Å². The second-order valence-electron chi connectivity index (χ2n) is 6.52. The first-order chi connectivity index (χ1) is 12.7. The van der Waals surface area contributed by atoms with Gasteiger partial charge in [-0.05, 0) is 38.0 Å². The second-order valence-corrected chi connectivity index (χ2v) is 6.52. The Morgan fingerprint density at radius 1 is 1.26 bits per heavy atom. The van der Waals surface area contributed by atoms with E-state index in [9.17, 15) is 22.8 Å². The van der Waals surface area contributed by atoms with Crippen LogP contribution in [0.25, 0.3) is 0 Å². The van der Waals surface area contributed by atoms with Crippen LogP contribution in [0.15, 0.2) is 35.1 Å². The molecule has 0 unspecified atom stereocenters. The summed E-state index contributed by atoms with van der Waals surface area (Å²) in [6, 6.07) is 5.63. The Kier molecular flexibility index (Phi) is 5.20. The average Bonchev–Trinajstić information content (AvgIpc) is 2.61. The molecule has 6 nitrogen and oxygen atoms in total.